The number of hydrogen-bond donors (Lipinski definition) is 3. The Bertz CT molecular complexity index is 1270. The van der Waals surface area contributed by atoms with E-state index in [-0.39, 0.29) is 16.9 Å². The predicted molar refractivity (Wildman–Crippen MR) is 137 cm³/mol. The van der Waals surface area contributed by atoms with Crippen LogP contribution in [0.4, 0.5) is 5.82 Å². The van der Waals surface area contributed by atoms with Gasteiger partial charge in [-0.1, -0.05) is 38.3 Å². The Hall–Kier alpha value is -3.85. The van der Waals surface area contributed by atoms with E-state index in [4.69, 9.17) is 34.6 Å². The molecule has 40 heavy (non-hydrogen) atoms. The highest BCUT2D eigenvalue weighted by molar-refractivity contribution is 6.03. The average molecular weight is 561 g/mol. The zero-order chi connectivity index (χ0) is 28.6. The van der Waals surface area contributed by atoms with Gasteiger partial charge in [-0.15, -0.1) is 0 Å². The number of hydrogen-bond acceptors (Lipinski definition) is 13. The maximum absolute atomic E-state index is 13.0. The molecule has 0 amide bonds. The topological polar surface area (TPSA) is 191 Å². The van der Waals surface area contributed by atoms with Crippen LogP contribution in [0.5, 0.6) is 0 Å². The lowest BCUT2D eigenvalue weighted by atomic mass is 10.0. The summed E-state index contributed by atoms with van der Waals surface area (Å²) in [7, 11) is 0. The van der Waals surface area contributed by atoms with Crippen molar-refractivity contribution in [1.82, 2.24) is 9.55 Å². The molecule has 0 radical (unpaired) electrons. The molecule has 2 aliphatic heterocycles. The Morgan fingerprint density at radius 3 is 2.45 bits per heavy atom. The van der Waals surface area contributed by atoms with Crippen molar-refractivity contribution in [2.75, 3.05) is 25.3 Å². The summed E-state index contributed by atoms with van der Waals surface area (Å²) >= 11 is 0. The molecule has 5 atom stereocenters. The van der Waals surface area contributed by atoms with E-state index in [9.17, 15) is 19.2 Å². The normalized spacial score (nSPS) is 22.7. The summed E-state index contributed by atoms with van der Waals surface area (Å²) in [6.45, 7) is 1.43. The van der Waals surface area contributed by atoms with Crippen LogP contribution in [0.2, 0.25) is 0 Å². The first kappa shape index (κ1) is 29.1. The molecule has 14 nitrogen and oxygen atoms in total. The summed E-state index contributed by atoms with van der Waals surface area (Å²) in [5.74, 6) is -2.41. The molecule has 4 N–H and O–H groups in total. The molecule has 1 saturated heterocycles. The summed E-state index contributed by atoms with van der Waals surface area (Å²) < 4.78 is 23.5. The Labute approximate surface area is 229 Å². The van der Waals surface area contributed by atoms with E-state index >= 15 is 0 Å². The number of ether oxygens (including phenoxy) is 4. The molecule has 0 spiro atoms. The molecule has 1 fully saturated rings. The highest BCUT2D eigenvalue weighted by Crippen LogP contribution is 2.36. The van der Waals surface area contributed by atoms with E-state index in [1.54, 1.807) is 12.1 Å². The Kier molecular flexibility index (Phi) is 9.82. The van der Waals surface area contributed by atoms with E-state index < -0.39 is 67.4 Å². The average Bonchev–Trinajstić information content (AvgIpc) is 3.28. The van der Waals surface area contributed by atoms with Crippen molar-refractivity contribution in [3.63, 3.8) is 0 Å². The van der Waals surface area contributed by atoms with Crippen molar-refractivity contribution in [2.24, 2.45) is 5.73 Å². The quantitative estimate of drug-likeness (QED) is 0.142. The van der Waals surface area contributed by atoms with Crippen molar-refractivity contribution in [3.8, 4) is 0 Å². The first-order valence-electron chi connectivity index (χ1n) is 13.0. The second-order valence-corrected chi connectivity index (χ2v) is 9.28. The molecule has 1 aromatic carbocycles. The number of nitrogens with zero attached hydrogens (tertiary/aromatic N) is 2. The summed E-state index contributed by atoms with van der Waals surface area (Å²) in [6.07, 6.45) is 0.425. The van der Waals surface area contributed by atoms with Gasteiger partial charge < -0.3 is 29.8 Å². The van der Waals surface area contributed by atoms with Gasteiger partial charge in [-0.3, -0.25) is 14.2 Å². The summed E-state index contributed by atoms with van der Waals surface area (Å²) in [4.78, 5) is 60.3. The fourth-order valence-corrected chi connectivity index (χ4v) is 4.28. The van der Waals surface area contributed by atoms with Gasteiger partial charge in [-0.2, -0.15) is 4.98 Å². The number of carbonyl (C=O) groups is 3. The van der Waals surface area contributed by atoms with Gasteiger partial charge in [-0.25, -0.2) is 19.9 Å². The van der Waals surface area contributed by atoms with Gasteiger partial charge in [0.15, 0.2) is 24.3 Å². The van der Waals surface area contributed by atoms with Gasteiger partial charge in [0.05, 0.1) is 24.3 Å². The molecule has 3 heterocycles. The minimum absolute atomic E-state index is 0.0172. The third-order valence-electron chi connectivity index (χ3n) is 6.41. The number of unbranched alkanes of at least 4 members (excludes halogenated alkanes) is 3. The molecule has 2 aliphatic rings. The van der Waals surface area contributed by atoms with Crippen LogP contribution in [0.25, 0.3) is 0 Å². The highest BCUT2D eigenvalue weighted by Gasteiger charge is 2.52. The van der Waals surface area contributed by atoms with E-state index in [1.165, 1.54) is 24.4 Å². The van der Waals surface area contributed by atoms with Crippen LogP contribution in [0, 0.1) is 0 Å². The number of carbonyl (C=O) groups excluding carboxylic acids is 3. The van der Waals surface area contributed by atoms with E-state index in [1.807, 2.05) is 0 Å². The van der Waals surface area contributed by atoms with Crippen LogP contribution in [0.1, 0.15) is 59.6 Å². The molecule has 0 aliphatic carbocycles. The minimum atomic E-state index is -1.30. The number of fused-ring (bicyclic) bond motifs is 2. The number of esters is 3. The minimum Gasteiger partial charge on any atom is -0.462 e. The van der Waals surface area contributed by atoms with Crippen molar-refractivity contribution in [1.29, 1.82) is 0 Å². The van der Waals surface area contributed by atoms with Gasteiger partial charge in [-0.05, 0) is 24.6 Å². The predicted octanol–water partition coefficient (Wildman–Crippen LogP) is 0.692. The molecule has 1 aromatic heterocycles. The lowest BCUT2D eigenvalue weighted by molar-refractivity contribution is -0.152. The molecule has 0 bridgehead atoms. The summed E-state index contributed by atoms with van der Waals surface area (Å²) in [5, 5.41) is 9.11. The van der Waals surface area contributed by atoms with E-state index in [2.05, 4.69) is 17.4 Å². The number of aliphatic hydroxyl groups excluding tert-OH is 1. The molecule has 216 valence electrons. The molecule has 0 saturated carbocycles. The molecular weight excluding hydrogens is 528 g/mol. The van der Waals surface area contributed by atoms with Crippen molar-refractivity contribution in [2.45, 2.75) is 63.2 Å². The van der Waals surface area contributed by atoms with Crippen LogP contribution in [0.3, 0.4) is 0 Å². The smallest absolute Gasteiger partial charge is 0.351 e. The van der Waals surface area contributed by atoms with Crippen LogP contribution in [0.15, 0.2) is 41.3 Å². The molecule has 0 unspecified atom stereocenters. The van der Waals surface area contributed by atoms with Gasteiger partial charge >= 0.3 is 23.6 Å². The Balaban J connectivity index is 1.56. The van der Waals surface area contributed by atoms with Gasteiger partial charge in [0.25, 0.3) is 0 Å². The Morgan fingerprint density at radius 2 is 1.80 bits per heavy atom. The number of aliphatic hydroxyl groups is 1. The van der Waals surface area contributed by atoms with Crippen molar-refractivity contribution >= 4 is 23.7 Å². The molecule has 14 heteroatoms. The highest BCUT2D eigenvalue weighted by atomic mass is 16.7. The lowest BCUT2D eigenvalue weighted by Gasteiger charge is -2.27. The standard InChI is InChI=1S/C26H32N4O10/c1-2-3-4-7-12-37-29-19-10-11-30(26(35)28-19)22-21-20(18(38-22)14-36-25(34)17(27)13-31)39-23(32)15-8-5-6-9-16(15)24(33)40-21/h5-6,8-11,17-18,20-22,31H,2-4,7,12-14,27H2,1H3,(H,28,29,35)/t17-,18-,20-,21-,22-/m1/s1. The maximum Gasteiger partial charge on any atom is 0.351 e. The SMILES string of the molecule is CCCCCCONc1ccn([C@@H]2O[C@H](COC(=O)[C@H](N)CO)[C@H]3OC(=O)c4ccccc4C(=O)O[C@H]32)c(=O)n1. The third kappa shape index (κ3) is 6.65. The number of benzene rings is 1. The maximum atomic E-state index is 13.0. The first-order chi connectivity index (χ1) is 19.3. The van der Waals surface area contributed by atoms with Crippen molar-refractivity contribution in [3.05, 3.63) is 58.1 Å². The van der Waals surface area contributed by atoms with Crippen LogP contribution >= 0.6 is 0 Å². The summed E-state index contributed by atoms with van der Waals surface area (Å²) in [6, 6.07) is 6.12. The number of aromatic nitrogens is 2. The Morgan fingerprint density at radius 1 is 1.10 bits per heavy atom. The zero-order valence-corrected chi connectivity index (χ0v) is 21.9. The first-order valence-corrected chi connectivity index (χ1v) is 13.0. The molecular formula is C26H32N4O10. The van der Waals surface area contributed by atoms with Gasteiger partial charge in [0, 0.05) is 6.20 Å². The summed E-state index contributed by atoms with van der Waals surface area (Å²) in [5.41, 5.74) is 7.32. The van der Waals surface area contributed by atoms with Crippen molar-refractivity contribution < 1.29 is 43.3 Å². The fraction of sp³-hybridized carbons (Fsp3) is 0.500. The van der Waals surface area contributed by atoms with Crippen LogP contribution in [-0.2, 0) is 28.6 Å². The van der Waals surface area contributed by atoms with Crippen LogP contribution in [-0.4, -0.2) is 76.7 Å². The van der Waals surface area contributed by atoms with E-state index in [0.29, 0.717) is 6.61 Å². The van der Waals surface area contributed by atoms with Gasteiger partial charge in [0.1, 0.15) is 18.8 Å². The zero-order valence-electron chi connectivity index (χ0n) is 21.9. The van der Waals surface area contributed by atoms with Gasteiger partial charge in [0.2, 0.25) is 0 Å². The second kappa shape index (κ2) is 13.5. The van der Waals surface area contributed by atoms with Crippen LogP contribution < -0.4 is 16.9 Å². The van der Waals surface area contributed by atoms with E-state index in [0.717, 1.165) is 30.3 Å². The number of nitrogens with one attached hydrogen (secondary N) is 1. The fourth-order valence-electron chi connectivity index (χ4n) is 4.28. The molecule has 4 rings (SSSR count). The largest absolute Gasteiger partial charge is 0.462 e. The number of rotatable bonds is 12. The lowest BCUT2D eigenvalue weighted by Crippen LogP contribution is -2.44. The number of anilines is 1. The monoisotopic (exact) mass is 560 g/mol. The number of nitrogens with two attached hydrogens (primary N) is 1. The third-order valence-corrected chi connectivity index (χ3v) is 6.41. The second-order valence-electron chi connectivity index (χ2n) is 9.28. The molecule has 2 aromatic rings.